The summed E-state index contributed by atoms with van der Waals surface area (Å²) in [6, 6.07) is 5.69. The van der Waals surface area contributed by atoms with E-state index in [1.54, 1.807) is 13.8 Å². The quantitative estimate of drug-likeness (QED) is 0.731. The van der Waals surface area contributed by atoms with Crippen LogP contribution in [0.2, 0.25) is 0 Å². The van der Waals surface area contributed by atoms with Crippen LogP contribution in [-0.2, 0) is 0 Å². The van der Waals surface area contributed by atoms with Crippen molar-refractivity contribution >= 4 is 0 Å². The van der Waals surface area contributed by atoms with Gasteiger partial charge >= 0.3 is 0 Å². The van der Waals surface area contributed by atoms with Gasteiger partial charge in [-0.1, -0.05) is 12.1 Å². The molecule has 3 N–H and O–H groups in total. The molecule has 2 nitrogen and oxygen atoms in total. The van der Waals surface area contributed by atoms with Crippen molar-refractivity contribution in [1.82, 2.24) is 0 Å². The van der Waals surface area contributed by atoms with Crippen LogP contribution in [0.15, 0.2) is 24.3 Å². The number of aliphatic hydroxyl groups excluding tert-OH is 1. The molecule has 1 aromatic carbocycles. The van der Waals surface area contributed by atoms with E-state index in [0.29, 0.717) is 5.56 Å². The Hall–Kier alpha value is -0.930. The second kappa shape index (κ2) is 3.44. The summed E-state index contributed by atoms with van der Waals surface area (Å²) < 4.78 is 12.5. The average Bonchev–Trinajstić information content (AvgIpc) is 2.03. The molecule has 1 aromatic rings. The molecule has 0 aliphatic rings. The Kier molecular flexibility index (Phi) is 2.68. The highest BCUT2D eigenvalue weighted by molar-refractivity contribution is 5.21. The van der Waals surface area contributed by atoms with Crippen molar-refractivity contribution < 1.29 is 9.50 Å². The molecule has 1 atom stereocenters. The van der Waals surface area contributed by atoms with Gasteiger partial charge in [-0.2, -0.15) is 0 Å². The monoisotopic (exact) mass is 183 g/mol. The Morgan fingerprint density at radius 1 is 1.31 bits per heavy atom. The fourth-order valence-electron chi connectivity index (χ4n) is 1.07. The third-order valence-electron chi connectivity index (χ3n) is 1.89. The number of aliphatic hydroxyl groups is 1. The van der Waals surface area contributed by atoms with Crippen molar-refractivity contribution in [2.75, 3.05) is 0 Å². The van der Waals surface area contributed by atoms with Gasteiger partial charge in [0.1, 0.15) is 5.82 Å². The molecule has 72 valence electrons. The summed E-state index contributed by atoms with van der Waals surface area (Å²) in [5.74, 6) is -0.314. The lowest BCUT2D eigenvalue weighted by Crippen LogP contribution is -2.39. The van der Waals surface area contributed by atoms with Gasteiger partial charge in [0, 0.05) is 5.54 Å². The highest BCUT2D eigenvalue weighted by Gasteiger charge is 2.23. The van der Waals surface area contributed by atoms with Gasteiger partial charge in [0.2, 0.25) is 0 Å². The van der Waals surface area contributed by atoms with Crippen molar-refractivity contribution in [3.63, 3.8) is 0 Å². The van der Waals surface area contributed by atoms with Gasteiger partial charge < -0.3 is 10.8 Å². The molecule has 0 amide bonds. The second-order valence-electron chi connectivity index (χ2n) is 3.78. The molecular formula is C10H14FNO. The molecule has 0 bridgehead atoms. The van der Waals surface area contributed by atoms with Gasteiger partial charge in [-0.3, -0.25) is 0 Å². The lowest BCUT2D eigenvalue weighted by Gasteiger charge is -2.25. The van der Waals surface area contributed by atoms with Gasteiger partial charge in [-0.05, 0) is 31.5 Å². The molecule has 1 rings (SSSR count). The fourth-order valence-corrected chi connectivity index (χ4v) is 1.07. The molecule has 0 radical (unpaired) electrons. The van der Waals surface area contributed by atoms with Crippen molar-refractivity contribution in [2.45, 2.75) is 25.5 Å². The zero-order chi connectivity index (χ0) is 10.1. The van der Waals surface area contributed by atoms with Crippen LogP contribution in [0.1, 0.15) is 25.5 Å². The molecule has 0 saturated carbocycles. The second-order valence-corrected chi connectivity index (χ2v) is 3.78. The number of hydrogen-bond acceptors (Lipinski definition) is 2. The highest BCUT2D eigenvalue weighted by atomic mass is 19.1. The summed E-state index contributed by atoms with van der Waals surface area (Å²) >= 11 is 0. The van der Waals surface area contributed by atoms with Crippen molar-refractivity contribution in [1.29, 1.82) is 0 Å². The van der Waals surface area contributed by atoms with Crippen LogP contribution in [0, 0.1) is 5.82 Å². The Balaban J connectivity index is 2.90. The summed E-state index contributed by atoms with van der Waals surface area (Å²) in [6.07, 6.45) is -0.770. The summed E-state index contributed by atoms with van der Waals surface area (Å²) in [7, 11) is 0. The predicted molar refractivity (Wildman–Crippen MR) is 49.6 cm³/mol. The molecule has 0 unspecified atom stereocenters. The molecule has 13 heavy (non-hydrogen) atoms. The molecule has 3 heteroatoms. The minimum atomic E-state index is -0.770. The average molecular weight is 183 g/mol. The number of nitrogens with two attached hydrogens (primary N) is 1. The van der Waals surface area contributed by atoms with E-state index in [1.165, 1.54) is 24.3 Å². The Morgan fingerprint density at radius 3 is 2.15 bits per heavy atom. The van der Waals surface area contributed by atoms with Crippen molar-refractivity contribution in [3.8, 4) is 0 Å². The van der Waals surface area contributed by atoms with E-state index in [4.69, 9.17) is 5.73 Å². The summed E-state index contributed by atoms with van der Waals surface area (Å²) in [5, 5.41) is 9.70. The fraction of sp³-hybridized carbons (Fsp3) is 0.400. The first-order chi connectivity index (χ1) is 5.91. The summed E-state index contributed by atoms with van der Waals surface area (Å²) in [6.45, 7) is 3.45. The zero-order valence-electron chi connectivity index (χ0n) is 7.79. The van der Waals surface area contributed by atoms with E-state index >= 15 is 0 Å². The minimum absolute atomic E-state index is 0.314. The number of rotatable bonds is 2. The Morgan fingerprint density at radius 2 is 1.77 bits per heavy atom. The summed E-state index contributed by atoms with van der Waals surface area (Å²) in [4.78, 5) is 0. The van der Waals surface area contributed by atoms with Gasteiger partial charge in [-0.15, -0.1) is 0 Å². The minimum Gasteiger partial charge on any atom is -0.387 e. The maximum atomic E-state index is 12.5. The normalized spacial score (nSPS) is 14.2. The number of benzene rings is 1. The molecule has 0 aromatic heterocycles. The largest absolute Gasteiger partial charge is 0.387 e. The first-order valence-corrected chi connectivity index (χ1v) is 4.13. The van der Waals surface area contributed by atoms with E-state index in [-0.39, 0.29) is 5.82 Å². The molecule has 0 spiro atoms. The van der Waals surface area contributed by atoms with E-state index < -0.39 is 11.6 Å². The highest BCUT2D eigenvalue weighted by Crippen LogP contribution is 2.22. The van der Waals surface area contributed by atoms with Crippen LogP contribution in [0.5, 0.6) is 0 Å². The molecular weight excluding hydrogens is 169 g/mol. The van der Waals surface area contributed by atoms with E-state index in [1.807, 2.05) is 0 Å². The summed E-state index contributed by atoms with van der Waals surface area (Å²) in [5.41, 5.74) is 5.63. The maximum Gasteiger partial charge on any atom is 0.123 e. The third kappa shape index (κ3) is 2.50. The zero-order valence-corrected chi connectivity index (χ0v) is 7.79. The smallest absolute Gasteiger partial charge is 0.123 e. The van der Waals surface area contributed by atoms with Crippen LogP contribution in [-0.4, -0.2) is 10.6 Å². The first-order valence-electron chi connectivity index (χ1n) is 4.13. The van der Waals surface area contributed by atoms with Gasteiger partial charge in [0.25, 0.3) is 0 Å². The molecule has 0 heterocycles. The van der Waals surface area contributed by atoms with Crippen LogP contribution >= 0.6 is 0 Å². The SMILES string of the molecule is CC(C)(N)[C@@H](O)c1ccc(F)cc1. The predicted octanol–water partition coefficient (Wildman–Crippen LogP) is 1.60. The van der Waals surface area contributed by atoms with Crippen LogP contribution in [0.25, 0.3) is 0 Å². The van der Waals surface area contributed by atoms with Crippen molar-refractivity contribution in [2.24, 2.45) is 5.73 Å². The van der Waals surface area contributed by atoms with Crippen LogP contribution in [0.4, 0.5) is 4.39 Å². The van der Waals surface area contributed by atoms with E-state index in [2.05, 4.69) is 0 Å². The maximum absolute atomic E-state index is 12.5. The topological polar surface area (TPSA) is 46.2 Å². The van der Waals surface area contributed by atoms with Crippen LogP contribution < -0.4 is 5.73 Å². The van der Waals surface area contributed by atoms with Gasteiger partial charge in [0.05, 0.1) is 6.10 Å². The first kappa shape index (κ1) is 10.2. The lowest BCUT2D eigenvalue weighted by molar-refractivity contribution is 0.104. The van der Waals surface area contributed by atoms with Gasteiger partial charge in [0.15, 0.2) is 0 Å². The lowest BCUT2D eigenvalue weighted by atomic mass is 9.92. The molecule has 0 saturated heterocycles. The third-order valence-corrected chi connectivity index (χ3v) is 1.89. The molecule has 0 aliphatic carbocycles. The number of hydrogen-bond donors (Lipinski definition) is 2. The molecule has 0 aliphatic heterocycles. The van der Waals surface area contributed by atoms with Crippen LogP contribution in [0.3, 0.4) is 0 Å². The van der Waals surface area contributed by atoms with E-state index in [0.717, 1.165) is 0 Å². The number of halogens is 1. The van der Waals surface area contributed by atoms with E-state index in [9.17, 15) is 9.50 Å². The van der Waals surface area contributed by atoms with Crippen molar-refractivity contribution in [3.05, 3.63) is 35.6 Å². The van der Waals surface area contributed by atoms with Gasteiger partial charge in [-0.25, -0.2) is 4.39 Å². The standard InChI is InChI=1S/C10H14FNO/c1-10(2,12)9(13)7-3-5-8(11)6-4-7/h3-6,9,13H,12H2,1-2H3/t9-/m0/s1. The Labute approximate surface area is 77.2 Å². The Bertz CT molecular complexity index is 276. The molecule has 0 fully saturated rings.